The van der Waals surface area contributed by atoms with Crippen LogP contribution in [-0.4, -0.2) is 18.0 Å². The average Bonchev–Trinajstić information content (AvgIpc) is 2.29. The number of hydrogen-bond acceptors (Lipinski definition) is 1. The highest BCUT2D eigenvalue weighted by molar-refractivity contribution is 5.18. The summed E-state index contributed by atoms with van der Waals surface area (Å²) in [6.45, 7) is 7.22. The molecule has 1 heteroatoms. The van der Waals surface area contributed by atoms with Crippen molar-refractivity contribution in [1.29, 1.82) is 0 Å². The van der Waals surface area contributed by atoms with Gasteiger partial charge in [-0.3, -0.25) is 4.90 Å². The van der Waals surface area contributed by atoms with E-state index in [1.807, 2.05) is 0 Å². The number of piperidine rings is 1. The van der Waals surface area contributed by atoms with Crippen molar-refractivity contribution in [3.05, 3.63) is 35.9 Å². The quantitative estimate of drug-likeness (QED) is 0.711. The van der Waals surface area contributed by atoms with Crippen LogP contribution < -0.4 is 0 Å². The summed E-state index contributed by atoms with van der Waals surface area (Å²) in [7, 11) is 0. The maximum Gasteiger partial charge on any atom is 0.0319 e. The van der Waals surface area contributed by atoms with Crippen LogP contribution in [0.3, 0.4) is 0 Å². The highest BCUT2D eigenvalue weighted by Crippen LogP contribution is 2.25. The first-order valence-electron chi connectivity index (χ1n) is 6.06. The first-order chi connectivity index (χ1) is 7.27. The predicted octanol–water partition coefficient (Wildman–Crippen LogP) is 3.48. The average molecular weight is 203 g/mol. The molecule has 0 saturated carbocycles. The molecule has 1 nitrogen and oxygen atoms in total. The van der Waals surface area contributed by atoms with Crippen LogP contribution in [0.4, 0.5) is 0 Å². The van der Waals surface area contributed by atoms with E-state index in [4.69, 9.17) is 0 Å². The van der Waals surface area contributed by atoms with Gasteiger partial charge in [0.1, 0.15) is 0 Å². The first-order valence-corrected chi connectivity index (χ1v) is 6.06. The summed E-state index contributed by atoms with van der Waals surface area (Å²) in [6, 6.07) is 11.4. The molecule has 2 atom stereocenters. The summed E-state index contributed by atoms with van der Waals surface area (Å²) in [6.07, 6.45) is 2.76. The van der Waals surface area contributed by atoms with Gasteiger partial charge >= 0.3 is 0 Å². The second-order valence-corrected chi connectivity index (χ2v) is 4.83. The van der Waals surface area contributed by atoms with E-state index in [0.29, 0.717) is 6.04 Å². The maximum atomic E-state index is 2.61. The van der Waals surface area contributed by atoms with Crippen LogP contribution in [0.25, 0.3) is 0 Å². The van der Waals surface area contributed by atoms with Crippen LogP contribution in [0.5, 0.6) is 0 Å². The number of hydrogen-bond donors (Lipinski definition) is 0. The lowest BCUT2D eigenvalue weighted by Gasteiger charge is -2.35. The molecule has 1 aromatic carbocycles. The summed E-state index contributed by atoms with van der Waals surface area (Å²) >= 11 is 0. The Hall–Kier alpha value is -0.820. The lowest BCUT2D eigenvalue weighted by atomic mass is 9.97. The Bertz CT molecular complexity index is 293. The topological polar surface area (TPSA) is 3.24 Å². The molecule has 0 aromatic heterocycles. The number of likely N-dealkylation sites (tertiary alicyclic amines) is 1. The van der Waals surface area contributed by atoms with Gasteiger partial charge in [0.25, 0.3) is 0 Å². The first kappa shape index (κ1) is 10.7. The van der Waals surface area contributed by atoms with Gasteiger partial charge in [-0.2, -0.15) is 0 Å². The summed E-state index contributed by atoms with van der Waals surface area (Å²) in [5, 5.41) is 0. The van der Waals surface area contributed by atoms with Crippen LogP contribution >= 0.6 is 0 Å². The van der Waals surface area contributed by atoms with Crippen LogP contribution in [0.15, 0.2) is 30.3 Å². The minimum absolute atomic E-state index is 0.578. The molecule has 1 aromatic rings. The van der Waals surface area contributed by atoms with Crippen molar-refractivity contribution >= 4 is 0 Å². The third-order valence-corrected chi connectivity index (χ3v) is 3.52. The Morgan fingerprint density at radius 2 is 2.00 bits per heavy atom. The van der Waals surface area contributed by atoms with Crippen molar-refractivity contribution in [1.82, 2.24) is 4.90 Å². The van der Waals surface area contributed by atoms with Crippen LogP contribution in [0, 0.1) is 5.92 Å². The van der Waals surface area contributed by atoms with Crippen molar-refractivity contribution in [3.8, 4) is 0 Å². The molecule has 0 spiro atoms. The number of nitrogens with zero attached hydrogens (tertiary/aromatic N) is 1. The summed E-state index contributed by atoms with van der Waals surface area (Å²) in [5.74, 6) is 0.866. The minimum atomic E-state index is 0.578. The lowest BCUT2D eigenvalue weighted by molar-refractivity contribution is 0.139. The van der Waals surface area contributed by atoms with Gasteiger partial charge in [0, 0.05) is 12.6 Å². The van der Waals surface area contributed by atoms with Gasteiger partial charge in [0.2, 0.25) is 0 Å². The monoisotopic (exact) mass is 203 g/mol. The third kappa shape index (κ3) is 2.60. The van der Waals surface area contributed by atoms with E-state index >= 15 is 0 Å². The summed E-state index contributed by atoms with van der Waals surface area (Å²) < 4.78 is 0. The summed E-state index contributed by atoms with van der Waals surface area (Å²) in [4.78, 5) is 2.61. The minimum Gasteiger partial charge on any atom is -0.296 e. The van der Waals surface area contributed by atoms with Crippen molar-refractivity contribution in [2.45, 2.75) is 32.7 Å². The highest BCUT2D eigenvalue weighted by Gasteiger charge is 2.21. The smallest absolute Gasteiger partial charge is 0.0319 e. The Morgan fingerprint density at radius 1 is 1.27 bits per heavy atom. The molecule has 15 heavy (non-hydrogen) atoms. The van der Waals surface area contributed by atoms with E-state index in [9.17, 15) is 0 Å². The molecule has 1 saturated heterocycles. The molecule has 2 rings (SSSR count). The molecule has 0 aliphatic carbocycles. The van der Waals surface area contributed by atoms with Crippen molar-refractivity contribution in [2.75, 3.05) is 13.1 Å². The Kier molecular flexibility index (Phi) is 3.42. The zero-order valence-corrected chi connectivity index (χ0v) is 9.82. The van der Waals surface area contributed by atoms with E-state index in [-0.39, 0.29) is 0 Å². The largest absolute Gasteiger partial charge is 0.296 e. The third-order valence-electron chi connectivity index (χ3n) is 3.52. The zero-order valence-electron chi connectivity index (χ0n) is 9.82. The Balaban J connectivity index is 2.04. The fraction of sp³-hybridized carbons (Fsp3) is 0.571. The van der Waals surface area contributed by atoms with Crippen LogP contribution in [-0.2, 0) is 0 Å². The van der Waals surface area contributed by atoms with Gasteiger partial charge in [0.15, 0.2) is 0 Å². The van der Waals surface area contributed by atoms with Gasteiger partial charge in [-0.25, -0.2) is 0 Å². The molecule has 1 fully saturated rings. The van der Waals surface area contributed by atoms with Gasteiger partial charge < -0.3 is 0 Å². The molecule has 0 bridgehead atoms. The van der Waals surface area contributed by atoms with Gasteiger partial charge in [-0.05, 0) is 37.8 Å². The fourth-order valence-electron chi connectivity index (χ4n) is 2.52. The normalized spacial score (nSPS) is 25.1. The van der Waals surface area contributed by atoms with E-state index in [1.54, 1.807) is 0 Å². The molecule has 1 aliphatic heterocycles. The van der Waals surface area contributed by atoms with Gasteiger partial charge in [0.05, 0.1) is 0 Å². The molecule has 0 radical (unpaired) electrons. The maximum absolute atomic E-state index is 2.61. The Morgan fingerprint density at radius 3 is 2.67 bits per heavy atom. The number of benzene rings is 1. The second-order valence-electron chi connectivity index (χ2n) is 4.83. The molecule has 1 heterocycles. The number of rotatable bonds is 2. The molecule has 0 N–H and O–H groups in total. The van der Waals surface area contributed by atoms with Gasteiger partial charge in [-0.1, -0.05) is 37.3 Å². The lowest BCUT2D eigenvalue weighted by Crippen LogP contribution is -2.36. The van der Waals surface area contributed by atoms with E-state index in [0.717, 1.165) is 5.92 Å². The predicted molar refractivity (Wildman–Crippen MR) is 64.8 cm³/mol. The van der Waals surface area contributed by atoms with Crippen molar-refractivity contribution < 1.29 is 0 Å². The second kappa shape index (κ2) is 4.80. The molecule has 1 aliphatic rings. The van der Waals surface area contributed by atoms with Crippen LogP contribution in [0.1, 0.15) is 38.3 Å². The fourth-order valence-corrected chi connectivity index (χ4v) is 2.52. The molecular weight excluding hydrogens is 182 g/mol. The van der Waals surface area contributed by atoms with Crippen LogP contribution in [0.2, 0.25) is 0 Å². The molecule has 82 valence electrons. The standard InChI is InChI=1S/C14H21N/c1-12-7-6-10-15(11-12)13(2)14-8-4-3-5-9-14/h3-5,8-9,12-13H,6-7,10-11H2,1-2H3/t12-,13+/m1/s1. The van der Waals surface area contributed by atoms with Gasteiger partial charge in [-0.15, -0.1) is 0 Å². The zero-order chi connectivity index (χ0) is 10.7. The van der Waals surface area contributed by atoms with Crippen molar-refractivity contribution in [2.24, 2.45) is 5.92 Å². The molecule has 0 amide bonds. The molecular formula is C14H21N. The van der Waals surface area contributed by atoms with Crippen molar-refractivity contribution in [3.63, 3.8) is 0 Å². The molecule has 0 unspecified atom stereocenters. The SMILES string of the molecule is C[C@@H]1CCCN([C@@H](C)c2ccccc2)C1. The summed E-state index contributed by atoms with van der Waals surface area (Å²) in [5.41, 5.74) is 1.45. The van der Waals surface area contributed by atoms with E-state index < -0.39 is 0 Å². The Labute approximate surface area is 93.1 Å². The van der Waals surface area contributed by atoms with E-state index in [2.05, 4.69) is 49.1 Å². The highest BCUT2D eigenvalue weighted by atomic mass is 15.2. The van der Waals surface area contributed by atoms with E-state index in [1.165, 1.54) is 31.5 Å².